The predicted octanol–water partition coefficient (Wildman–Crippen LogP) is 3.35. The van der Waals surface area contributed by atoms with Crippen LogP contribution >= 0.6 is 11.6 Å². The van der Waals surface area contributed by atoms with E-state index < -0.39 is 6.29 Å². The van der Waals surface area contributed by atoms with Gasteiger partial charge in [-0.05, 0) is 25.0 Å². The maximum atomic E-state index is 11.7. The number of carbonyl (C=O) groups excluding carboxylic acids is 1. The van der Waals surface area contributed by atoms with Gasteiger partial charge in [0.2, 0.25) is 0 Å². The van der Waals surface area contributed by atoms with E-state index in [1.807, 2.05) is 0 Å². The first-order valence-electron chi connectivity index (χ1n) is 5.59. The molecule has 0 amide bonds. The molecule has 1 atom stereocenters. The van der Waals surface area contributed by atoms with Gasteiger partial charge in [0.1, 0.15) is 5.76 Å². The minimum Gasteiger partial charge on any atom is -0.454 e. The molecule has 4 heteroatoms. The van der Waals surface area contributed by atoms with Crippen molar-refractivity contribution in [3.8, 4) is 0 Å². The van der Waals surface area contributed by atoms with Gasteiger partial charge in [0.05, 0.1) is 5.57 Å². The van der Waals surface area contributed by atoms with Gasteiger partial charge in [0, 0.05) is 17.0 Å². The van der Waals surface area contributed by atoms with Crippen molar-refractivity contribution in [2.75, 3.05) is 0 Å². The summed E-state index contributed by atoms with van der Waals surface area (Å²) >= 11 is 5.81. The molecular weight excluding hydrogens is 240 g/mol. The molecule has 0 saturated heterocycles. The summed E-state index contributed by atoms with van der Waals surface area (Å²) in [5.74, 6) is 0.546. The number of ether oxygens (including phenoxy) is 2. The zero-order chi connectivity index (χ0) is 11.8. The third-order valence-electron chi connectivity index (χ3n) is 3.02. The fourth-order valence-corrected chi connectivity index (χ4v) is 2.27. The number of cyclic esters (lactones) is 1. The fourth-order valence-electron chi connectivity index (χ4n) is 2.14. The Morgan fingerprint density at radius 3 is 2.65 bits per heavy atom. The van der Waals surface area contributed by atoms with Crippen LogP contribution in [-0.2, 0) is 14.3 Å². The Morgan fingerprint density at radius 1 is 1.12 bits per heavy atom. The van der Waals surface area contributed by atoms with E-state index in [0.717, 1.165) is 30.6 Å². The zero-order valence-corrected chi connectivity index (χ0v) is 9.87. The van der Waals surface area contributed by atoms with Crippen LogP contribution in [0.25, 0.3) is 0 Å². The van der Waals surface area contributed by atoms with Gasteiger partial charge in [0.15, 0.2) is 0 Å². The monoisotopic (exact) mass is 250 g/mol. The second-order valence-corrected chi connectivity index (χ2v) is 4.60. The van der Waals surface area contributed by atoms with Crippen LogP contribution in [-0.4, -0.2) is 5.97 Å². The molecule has 0 fully saturated rings. The highest BCUT2D eigenvalue weighted by Crippen LogP contribution is 2.37. The number of rotatable bonds is 1. The third-order valence-corrected chi connectivity index (χ3v) is 3.27. The minimum absolute atomic E-state index is 0.247. The summed E-state index contributed by atoms with van der Waals surface area (Å²) in [4.78, 5) is 11.7. The molecule has 3 nitrogen and oxygen atoms in total. The quantitative estimate of drug-likeness (QED) is 0.717. The van der Waals surface area contributed by atoms with E-state index in [1.54, 1.807) is 24.3 Å². The Morgan fingerprint density at radius 2 is 1.88 bits per heavy atom. The number of esters is 1. The Bertz CT molecular complexity index is 490. The average Bonchev–Trinajstić information content (AvgIpc) is 2.78. The molecule has 1 aromatic carbocycles. The summed E-state index contributed by atoms with van der Waals surface area (Å²) in [5.41, 5.74) is 1.51. The van der Waals surface area contributed by atoms with Crippen molar-refractivity contribution in [2.24, 2.45) is 0 Å². The molecule has 0 aromatic heterocycles. The van der Waals surface area contributed by atoms with E-state index in [1.165, 1.54) is 0 Å². The first-order chi connectivity index (χ1) is 8.24. The van der Waals surface area contributed by atoms with E-state index in [4.69, 9.17) is 21.1 Å². The van der Waals surface area contributed by atoms with Crippen molar-refractivity contribution < 1.29 is 14.3 Å². The van der Waals surface area contributed by atoms with Crippen molar-refractivity contribution in [1.82, 2.24) is 0 Å². The number of hydrogen-bond donors (Lipinski definition) is 0. The van der Waals surface area contributed by atoms with Gasteiger partial charge in [-0.25, -0.2) is 4.79 Å². The Hall–Kier alpha value is -1.48. The van der Waals surface area contributed by atoms with Crippen molar-refractivity contribution in [1.29, 1.82) is 0 Å². The molecule has 1 aliphatic carbocycles. The van der Waals surface area contributed by atoms with Crippen LogP contribution in [0.15, 0.2) is 35.6 Å². The van der Waals surface area contributed by atoms with Gasteiger partial charge in [-0.15, -0.1) is 0 Å². The van der Waals surface area contributed by atoms with Gasteiger partial charge in [-0.1, -0.05) is 23.7 Å². The molecular formula is C13H11ClO3. The first kappa shape index (κ1) is 10.7. The molecule has 17 heavy (non-hydrogen) atoms. The summed E-state index contributed by atoms with van der Waals surface area (Å²) in [6.07, 6.45) is 1.93. The average molecular weight is 251 g/mol. The van der Waals surface area contributed by atoms with Gasteiger partial charge in [0.25, 0.3) is 6.29 Å². The van der Waals surface area contributed by atoms with Crippen molar-refractivity contribution in [2.45, 2.75) is 25.6 Å². The lowest BCUT2D eigenvalue weighted by atomic mass is 10.2. The predicted molar refractivity (Wildman–Crippen MR) is 62.2 cm³/mol. The van der Waals surface area contributed by atoms with Gasteiger partial charge in [-0.3, -0.25) is 0 Å². The standard InChI is InChI=1S/C13H11ClO3/c14-9-6-4-8(5-7-9)13-16-11-3-1-2-10(11)12(15)17-13/h4-7,13H,1-3H2. The van der Waals surface area contributed by atoms with Crippen LogP contribution in [0.1, 0.15) is 31.1 Å². The molecule has 1 heterocycles. The Kier molecular flexibility index (Phi) is 2.56. The van der Waals surface area contributed by atoms with Crippen LogP contribution in [0.2, 0.25) is 5.02 Å². The van der Waals surface area contributed by atoms with Crippen LogP contribution < -0.4 is 0 Å². The number of carbonyl (C=O) groups is 1. The largest absolute Gasteiger partial charge is 0.454 e. The molecule has 1 aliphatic heterocycles. The summed E-state index contributed by atoms with van der Waals surface area (Å²) < 4.78 is 11.0. The fraction of sp³-hybridized carbons (Fsp3) is 0.308. The summed E-state index contributed by atoms with van der Waals surface area (Å²) in [6, 6.07) is 7.13. The lowest BCUT2D eigenvalue weighted by molar-refractivity contribution is -0.175. The van der Waals surface area contributed by atoms with Crippen molar-refractivity contribution >= 4 is 17.6 Å². The molecule has 3 rings (SSSR count). The van der Waals surface area contributed by atoms with Gasteiger partial charge in [-0.2, -0.15) is 0 Å². The number of benzene rings is 1. The second-order valence-electron chi connectivity index (χ2n) is 4.16. The highest BCUT2D eigenvalue weighted by atomic mass is 35.5. The topological polar surface area (TPSA) is 35.5 Å². The SMILES string of the molecule is O=C1OC(c2ccc(Cl)cc2)OC2=C1CCC2. The Labute approximate surface area is 104 Å². The third kappa shape index (κ3) is 1.91. The van der Waals surface area contributed by atoms with E-state index in [9.17, 15) is 4.79 Å². The van der Waals surface area contributed by atoms with E-state index in [2.05, 4.69) is 0 Å². The molecule has 0 N–H and O–H groups in total. The lowest BCUT2D eigenvalue weighted by Crippen LogP contribution is -2.21. The number of halogens is 1. The Balaban J connectivity index is 1.87. The van der Waals surface area contributed by atoms with Crippen LogP contribution in [0.4, 0.5) is 0 Å². The summed E-state index contributed by atoms with van der Waals surface area (Å²) in [6.45, 7) is 0. The first-order valence-corrected chi connectivity index (χ1v) is 5.97. The van der Waals surface area contributed by atoms with Crippen LogP contribution in [0.3, 0.4) is 0 Å². The van der Waals surface area contributed by atoms with E-state index in [-0.39, 0.29) is 5.97 Å². The smallest absolute Gasteiger partial charge is 0.340 e. The van der Waals surface area contributed by atoms with Crippen LogP contribution in [0.5, 0.6) is 0 Å². The minimum atomic E-state index is -0.628. The lowest BCUT2D eigenvalue weighted by Gasteiger charge is -2.25. The molecule has 0 spiro atoms. The second kappa shape index (κ2) is 4.08. The maximum absolute atomic E-state index is 11.7. The summed E-state index contributed by atoms with van der Waals surface area (Å²) in [7, 11) is 0. The normalized spacial score (nSPS) is 23.1. The molecule has 0 radical (unpaired) electrons. The highest BCUT2D eigenvalue weighted by Gasteiger charge is 2.33. The van der Waals surface area contributed by atoms with Gasteiger partial charge < -0.3 is 9.47 Å². The molecule has 2 aliphatic rings. The van der Waals surface area contributed by atoms with Crippen LogP contribution in [0, 0.1) is 0 Å². The maximum Gasteiger partial charge on any atom is 0.340 e. The van der Waals surface area contributed by atoms with Crippen molar-refractivity contribution in [3.63, 3.8) is 0 Å². The zero-order valence-electron chi connectivity index (χ0n) is 9.11. The molecule has 0 saturated carbocycles. The number of allylic oxidation sites excluding steroid dienone is 1. The molecule has 1 unspecified atom stereocenters. The number of hydrogen-bond acceptors (Lipinski definition) is 3. The van der Waals surface area contributed by atoms with E-state index in [0.29, 0.717) is 10.6 Å². The van der Waals surface area contributed by atoms with Gasteiger partial charge >= 0.3 is 5.97 Å². The molecule has 88 valence electrons. The highest BCUT2D eigenvalue weighted by molar-refractivity contribution is 6.30. The molecule has 1 aromatic rings. The van der Waals surface area contributed by atoms with E-state index >= 15 is 0 Å². The summed E-state index contributed by atoms with van der Waals surface area (Å²) in [5, 5.41) is 0.650. The molecule has 0 bridgehead atoms. The van der Waals surface area contributed by atoms with Crippen molar-refractivity contribution in [3.05, 3.63) is 46.2 Å².